The Morgan fingerprint density at radius 3 is 2.42 bits per heavy atom. The number of anilines is 2. The summed E-state index contributed by atoms with van der Waals surface area (Å²) in [6.45, 7) is 3.09. The molecule has 2 heteroatoms. The number of nitrogens with two attached hydrogens (primary N) is 1. The molecule has 1 aliphatic carbocycles. The molecule has 0 aliphatic heterocycles. The van der Waals surface area contributed by atoms with Crippen molar-refractivity contribution in [3.05, 3.63) is 59.7 Å². The maximum Gasteiger partial charge on any atom is 0.0635 e. The summed E-state index contributed by atoms with van der Waals surface area (Å²) < 4.78 is 0. The van der Waals surface area contributed by atoms with Crippen LogP contribution >= 0.6 is 0 Å². The van der Waals surface area contributed by atoms with Crippen molar-refractivity contribution in [2.45, 2.75) is 32.4 Å². The summed E-state index contributed by atoms with van der Waals surface area (Å²) in [6, 6.07) is 17.5. The second-order valence-corrected chi connectivity index (χ2v) is 5.36. The Labute approximate surface area is 114 Å². The van der Waals surface area contributed by atoms with Crippen LogP contribution in [-0.4, -0.2) is 6.04 Å². The number of nitrogen functional groups attached to an aromatic ring is 1. The minimum absolute atomic E-state index is 0.656. The van der Waals surface area contributed by atoms with E-state index in [1.54, 1.807) is 0 Å². The Balaban J connectivity index is 1.93. The predicted molar refractivity (Wildman–Crippen MR) is 81.2 cm³/mol. The van der Waals surface area contributed by atoms with Gasteiger partial charge in [-0.25, -0.2) is 0 Å². The molecule has 2 aromatic carbocycles. The molecule has 0 saturated heterocycles. The van der Waals surface area contributed by atoms with Gasteiger partial charge < -0.3 is 10.6 Å². The lowest BCUT2D eigenvalue weighted by Gasteiger charge is -2.28. The molecule has 1 saturated carbocycles. The van der Waals surface area contributed by atoms with Crippen LogP contribution in [0.15, 0.2) is 48.5 Å². The molecule has 0 heterocycles. The van der Waals surface area contributed by atoms with Crippen LogP contribution in [0.1, 0.15) is 24.0 Å². The SMILES string of the molecule is Cc1cccc(N)c1N(Cc1ccccc1)C1CC1. The van der Waals surface area contributed by atoms with Gasteiger partial charge in [-0.2, -0.15) is 0 Å². The van der Waals surface area contributed by atoms with E-state index < -0.39 is 0 Å². The van der Waals surface area contributed by atoms with E-state index in [0.29, 0.717) is 6.04 Å². The van der Waals surface area contributed by atoms with Crippen molar-refractivity contribution in [3.63, 3.8) is 0 Å². The minimum Gasteiger partial charge on any atom is -0.397 e. The second kappa shape index (κ2) is 4.96. The zero-order chi connectivity index (χ0) is 13.2. The largest absolute Gasteiger partial charge is 0.397 e. The van der Waals surface area contributed by atoms with Crippen LogP contribution in [0.25, 0.3) is 0 Å². The number of hydrogen-bond donors (Lipinski definition) is 1. The second-order valence-electron chi connectivity index (χ2n) is 5.36. The van der Waals surface area contributed by atoms with Gasteiger partial charge in [0.15, 0.2) is 0 Å². The fourth-order valence-corrected chi connectivity index (χ4v) is 2.63. The molecule has 19 heavy (non-hydrogen) atoms. The molecule has 1 fully saturated rings. The summed E-state index contributed by atoms with van der Waals surface area (Å²) in [5.74, 6) is 0. The first kappa shape index (κ1) is 12.1. The molecule has 0 bridgehead atoms. The van der Waals surface area contributed by atoms with E-state index in [9.17, 15) is 0 Å². The zero-order valence-electron chi connectivity index (χ0n) is 11.3. The molecule has 98 valence electrons. The number of nitrogens with zero attached hydrogens (tertiary/aromatic N) is 1. The molecular weight excluding hydrogens is 232 g/mol. The molecular formula is C17H20N2. The van der Waals surface area contributed by atoms with Crippen LogP contribution in [0.2, 0.25) is 0 Å². The van der Waals surface area contributed by atoms with Crippen molar-refractivity contribution >= 4 is 11.4 Å². The van der Waals surface area contributed by atoms with Gasteiger partial charge in [-0.05, 0) is 37.0 Å². The molecule has 0 unspecified atom stereocenters. The maximum absolute atomic E-state index is 6.20. The third-order valence-corrected chi connectivity index (χ3v) is 3.74. The highest BCUT2D eigenvalue weighted by atomic mass is 15.2. The van der Waals surface area contributed by atoms with E-state index in [1.165, 1.54) is 29.7 Å². The number of benzene rings is 2. The topological polar surface area (TPSA) is 29.3 Å². The first-order valence-corrected chi connectivity index (χ1v) is 6.91. The Kier molecular flexibility index (Phi) is 3.16. The van der Waals surface area contributed by atoms with Gasteiger partial charge >= 0.3 is 0 Å². The average Bonchev–Trinajstić information content (AvgIpc) is 3.23. The summed E-state index contributed by atoms with van der Waals surface area (Å²) >= 11 is 0. The number of rotatable bonds is 4. The fourth-order valence-electron chi connectivity index (χ4n) is 2.63. The van der Waals surface area contributed by atoms with Crippen LogP contribution < -0.4 is 10.6 Å². The summed E-state index contributed by atoms with van der Waals surface area (Å²) in [6.07, 6.45) is 2.56. The van der Waals surface area contributed by atoms with Gasteiger partial charge in [-0.15, -0.1) is 0 Å². The number of aryl methyl sites for hydroxylation is 1. The van der Waals surface area contributed by atoms with Crippen LogP contribution in [0.4, 0.5) is 11.4 Å². The van der Waals surface area contributed by atoms with Crippen LogP contribution in [0.5, 0.6) is 0 Å². The monoisotopic (exact) mass is 252 g/mol. The quantitative estimate of drug-likeness (QED) is 0.840. The fraction of sp³-hybridized carbons (Fsp3) is 0.294. The average molecular weight is 252 g/mol. The summed E-state index contributed by atoms with van der Waals surface area (Å²) in [5, 5.41) is 0. The molecule has 2 nitrogen and oxygen atoms in total. The Hall–Kier alpha value is -1.96. The maximum atomic E-state index is 6.20. The molecule has 1 aliphatic rings. The third-order valence-electron chi connectivity index (χ3n) is 3.74. The van der Waals surface area contributed by atoms with Crippen LogP contribution in [-0.2, 0) is 6.54 Å². The summed E-state index contributed by atoms with van der Waals surface area (Å²) in [5.41, 5.74) is 10.9. The highest BCUT2D eigenvalue weighted by Gasteiger charge is 2.30. The van der Waals surface area contributed by atoms with Crippen molar-refractivity contribution < 1.29 is 0 Å². The Morgan fingerprint density at radius 1 is 1.05 bits per heavy atom. The minimum atomic E-state index is 0.656. The Morgan fingerprint density at radius 2 is 1.79 bits per heavy atom. The summed E-state index contributed by atoms with van der Waals surface area (Å²) in [4.78, 5) is 2.47. The lowest BCUT2D eigenvalue weighted by Crippen LogP contribution is -2.26. The van der Waals surface area contributed by atoms with Crippen molar-refractivity contribution in [2.24, 2.45) is 0 Å². The normalized spacial score (nSPS) is 14.4. The number of para-hydroxylation sites is 1. The van der Waals surface area contributed by atoms with Gasteiger partial charge in [0.25, 0.3) is 0 Å². The lowest BCUT2D eigenvalue weighted by atomic mass is 10.1. The van der Waals surface area contributed by atoms with Gasteiger partial charge in [0.2, 0.25) is 0 Å². The number of hydrogen-bond acceptors (Lipinski definition) is 2. The van der Waals surface area contributed by atoms with E-state index >= 15 is 0 Å². The standard InChI is InChI=1S/C17H20N2/c1-13-6-5-9-16(18)17(13)19(15-10-11-15)12-14-7-3-2-4-8-14/h2-9,15H,10-12,18H2,1H3. The molecule has 0 atom stereocenters. The molecule has 2 aromatic rings. The lowest BCUT2D eigenvalue weighted by molar-refractivity contribution is 0.792. The first-order valence-electron chi connectivity index (χ1n) is 6.91. The van der Waals surface area contributed by atoms with E-state index in [0.717, 1.165) is 12.2 Å². The van der Waals surface area contributed by atoms with Crippen molar-refractivity contribution in [1.82, 2.24) is 0 Å². The van der Waals surface area contributed by atoms with Crippen LogP contribution in [0, 0.1) is 6.92 Å². The Bertz CT molecular complexity index is 538. The van der Waals surface area contributed by atoms with E-state index in [1.807, 2.05) is 12.1 Å². The molecule has 0 radical (unpaired) electrons. The van der Waals surface area contributed by atoms with Gasteiger partial charge in [0, 0.05) is 12.6 Å². The van der Waals surface area contributed by atoms with Gasteiger partial charge in [0.1, 0.15) is 0 Å². The molecule has 0 aromatic heterocycles. The highest BCUT2D eigenvalue weighted by molar-refractivity contribution is 5.72. The van der Waals surface area contributed by atoms with Crippen LogP contribution in [0.3, 0.4) is 0 Å². The molecule has 3 rings (SSSR count). The van der Waals surface area contributed by atoms with Gasteiger partial charge in [-0.1, -0.05) is 42.5 Å². The van der Waals surface area contributed by atoms with Crippen molar-refractivity contribution in [2.75, 3.05) is 10.6 Å². The van der Waals surface area contributed by atoms with E-state index in [4.69, 9.17) is 5.73 Å². The van der Waals surface area contributed by atoms with E-state index in [2.05, 4.69) is 48.2 Å². The third kappa shape index (κ3) is 2.58. The smallest absolute Gasteiger partial charge is 0.0635 e. The van der Waals surface area contributed by atoms with Crippen molar-refractivity contribution in [1.29, 1.82) is 0 Å². The van der Waals surface area contributed by atoms with Crippen molar-refractivity contribution in [3.8, 4) is 0 Å². The summed E-state index contributed by atoms with van der Waals surface area (Å²) in [7, 11) is 0. The zero-order valence-corrected chi connectivity index (χ0v) is 11.3. The van der Waals surface area contributed by atoms with Gasteiger partial charge in [-0.3, -0.25) is 0 Å². The van der Waals surface area contributed by atoms with E-state index in [-0.39, 0.29) is 0 Å². The van der Waals surface area contributed by atoms with Gasteiger partial charge in [0.05, 0.1) is 11.4 Å². The molecule has 0 amide bonds. The first-order chi connectivity index (χ1) is 9.25. The molecule has 2 N–H and O–H groups in total. The highest BCUT2D eigenvalue weighted by Crippen LogP contribution is 2.37. The predicted octanol–water partition coefficient (Wildman–Crippen LogP) is 3.75. The molecule has 0 spiro atoms.